The average molecular weight is 649 g/mol. The van der Waals surface area contributed by atoms with Gasteiger partial charge < -0.3 is 22.7 Å². The molecule has 0 aromatic rings. The van der Waals surface area contributed by atoms with Crippen molar-refractivity contribution in [1.82, 2.24) is 0 Å². The molecular formula is C30H42Al2O12. The Hall–Kier alpha value is -3.68. The van der Waals surface area contributed by atoms with Gasteiger partial charge in [-0.05, 0) is 83.1 Å². The summed E-state index contributed by atoms with van der Waals surface area (Å²) in [6.45, 7) is 18.0. The third kappa shape index (κ3) is 27.2. The Balaban J connectivity index is 0. The lowest BCUT2D eigenvalue weighted by Gasteiger charge is -2.17. The maximum atomic E-state index is 11.0. The maximum absolute atomic E-state index is 11.0. The van der Waals surface area contributed by atoms with E-state index in [-0.39, 0.29) is 34.7 Å². The number of rotatable bonds is 18. The number of allylic oxidation sites excluding steroid dienone is 12. The molecule has 0 amide bonds. The summed E-state index contributed by atoms with van der Waals surface area (Å²) in [7, 11) is 0. The normalized spacial score (nSPS) is 12.5. The topological polar surface area (TPSA) is 158 Å². The molecule has 240 valence electrons. The summed E-state index contributed by atoms with van der Waals surface area (Å²) in [4.78, 5) is 66.2. The summed E-state index contributed by atoms with van der Waals surface area (Å²) in [5.41, 5.74) is 0. The molecule has 12 nitrogen and oxygen atoms in total. The third-order valence-electron chi connectivity index (χ3n) is 4.13. The van der Waals surface area contributed by atoms with Gasteiger partial charge in [-0.15, -0.1) is 0 Å². The van der Waals surface area contributed by atoms with Crippen molar-refractivity contribution in [2.45, 2.75) is 83.1 Å². The minimum atomic E-state index is -2.75. The van der Waals surface area contributed by atoms with E-state index in [2.05, 4.69) is 0 Å². The second-order valence-corrected chi connectivity index (χ2v) is 12.0. The van der Waals surface area contributed by atoms with Gasteiger partial charge in [0.15, 0.2) is 34.7 Å². The van der Waals surface area contributed by atoms with Crippen molar-refractivity contribution in [2.75, 3.05) is 0 Å². The number of carbonyl (C=O) groups excluding carboxylic acids is 6. The van der Waals surface area contributed by atoms with E-state index >= 15 is 0 Å². The summed E-state index contributed by atoms with van der Waals surface area (Å²) in [5.74, 6) is 1.04. The second kappa shape index (κ2) is 22.8. The van der Waals surface area contributed by atoms with Crippen molar-refractivity contribution in [3.05, 3.63) is 71.0 Å². The Bertz CT molecular complexity index is 1000. The SMILES string of the molecule is CC(=O)/C=C(/C)[O][Al]([O]/C(C)=C\C(C)=O)[O]/C(C)=C/C(C)=O.CC(=O)/C=C(/C)[O][Al]([O]/C(C)=C\C(C)=O)[O]/C(C)=C\C(C)=O. The minimum absolute atomic E-state index is 0.169. The van der Waals surface area contributed by atoms with Crippen LogP contribution in [0.4, 0.5) is 0 Å². The van der Waals surface area contributed by atoms with E-state index in [0.29, 0.717) is 34.6 Å². The van der Waals surface area contributed by atoms with Crippen molar-refractivity contribution in [3.63, 3.8) is 0 Å². The maximum Gasteiger partial charge on any atom is 1.20 e. The molecule has 0 bridgehead atoms. The number of hydrogen-bond acceptors (Lipinski definition) is 12. The van der Waals surface area contributed by atoms with Gasteiger partial charge in [0.25, 0.3) is 0 Å². The highest BCUT2D eigenvalue weighted by atomic mass is 27.3. The minimum Gasteiger partial charge on any atom is -0.580 e. The second-order valence-electron chi connectivity index (χ2n) is 9.48. The average Bonchev–Trinajstić information content (AvgIpc) is 2.75. The van der Waals surface area contributed by atoms with Gasteiger partial charge in [-0.1, -0.05) is 0 Å². The monoisotopic (exact) mass is 648 g/mol. The Morgan fingerprint density at radius 2 is 0.409 bits per heavy atom. The van der Waals surface area contributed by atoms with Gasteiger partial charge in [-0.3, -0.25) is 28.8 Å². The Morgan fingerprint density at radius 3 is 0.500 bits per heavy atom. The van der Waals surface area contributed by atoms with Crippen LogP contribution in [0.3, 0.4) is 0 Å². The highest BCUT2D eigenvalue weighted by molar-refractivity contribution is 6.38. The van der Waals surface area contributed by atoms with Gasteiger partial charge >= 0.3 is 30.3 Å². The lowest BCUT2D eigenvalue weighted by atomic mass is 10.4. The van der Waals surface area contributed by atoms with Crippen molar-refractivity contribution in [1.29, 1.82) is 0 Å². The first-order valence-electron chi connectivity index (χ1n) is 13.3. The van der Waals surface area contributed by atoms with Crippen molar-refractivity contribution in [3.8, 4) is 0 Å². The van der Waals surface area contributed by atoms with Crippen LogP contribution in [0, 0.1) is 0 Å². The predicted octanol–water partition coefficient (Wildman–Crippen LogP) is 5.00. The molecule has 0 radical (unpaired) electrons. The van der Waals surface area contributed by atoms with Crippen LogP contribution in [0.15, 0.2) is 71.0 Å². The number of ketones is 6. The van der Waals surface area contributed by atoms with E-state index in [1.165, 1.54) is 78.0 Å². The van der Waals surface area contributed by atoms with Crippen LogP contribution >= 0.6 is 0 Å². The van der Waals surface area contributed by atoms with Gasteiger partial charge in [0.1, 0.15) is 0 Å². The fraction of sp³-hybridized carbons (Fsp3) is 0.400. The van der Waals surface area contributed by atoms with Crippen LogP contribution in [-0.4, -0.2) is 65.0 Å². The zero-order chi connectivity index (χ0) is 34.6. The Morgan fingerprint density at radius 1 is 0.295 bits per heavy atom. The largest absolute Gasteiger partial charge is 1.20 e. The van der Waals surface area contributed by atoms with E-state index in [9.17, 15) is 28.8 Å². The third-order valence-corrected chi connectivity index (χ3v) is 7.52. The highest BCUT2D eigenvalue weighted by Crippen LogP contribution is 2.12. The van der Waals surface area contributed by atoms with E-state index in [4.69, 9.17) is 22.7 Å². The molecule has 44 heavy (non-hydrogen) atoms. The van der Waals surface area contributed by atoms with Crippen molar-refractivity contribution >= 4 is 65.0 Å². The Kier molecular flexibility index (Phi) is 22.0. The van der Waals surface area contributed by atoms with Gasteiger partial charge in [-0.25, -0.2) is 0 Å². The van der Waals surface area contributed by atoms with Crippen LogP contribution in [0.2, 0.25) is 0 Å². The molecule has 0 unspecified atom stereocenters. The molecule has 0 heterocycles. The molecular weight excluding hydrogens is 606 g/mol. The van der Waals surface area contributed by atoms with Crippen molar-refractivity contribution in [2.24, 2.45) is 0 Å². The quantitative estimate of drug-likeness (QED) is 0.111. The van der Waals surface area contributed by atoms with Gasteiger partial charge in [0, 0.05) is 36.5 Å². The zero-order valence-electron chi connectivity index (χ0n) is 27.5. The molecule has 0 rings (SSSR count). The first-order valence-corrected chi connectivity index (χ1v) is 16.2. The summed E-state index contributed by atoms with van der Waals surface area (Å²) < 4.78 is 33.0. The summed E-state index contributed by atoms with van der Waals surface area (Å²) in [5, 5.41) is 0. The van der Waals surface area contributed by atoms with Crippen LogP contribution < -0.4 is 0 Å². The molecule has 0 aliphatic rings. The molecule has 0 fully saturated rings. The fourth-order valence-electron chi connectivity index (χ4n) is 2.98. The van der Waals surface area contributed by atoms with Crippen LogP contribution in [0.25, 0.3) is 0 Å². The summed E-state index contributed by atoms with van der Waals surface area (Å²) in [6.07, 6.45) is 7.84. The highest BCUT2D eigenvalue weighted by Gasteiger charge is 2.45. The molecule has 0 saturated carbocycles. The predicted molar refractivity (Wildman–Crippen MR) is 165 cm³/mol. The summed E-state index contributed by atoms with van der Waals surface area (Å²) >= 11 is -5.49. The molecule has 0 aliphatic heterocycles. The first-order chi connectivity index (χ1) is 20.2. The standard InChI is InChI=1S/6C5H8O2.2Al/c6*1-4(6)3-5(2)7;;/h6*3,6H,1-2H3;;/q;;;;;;2*+3/p-6/b4-3+;5*4-3-;;. The molecule has 0 N–H and O–H groups in total. The molecule has 0 spiro atoms. The lowest BCUT2D eigenvalue weighted by molar-refractivity contribution is -0.113. The van der Waals surface area contributed by atoms with E-state index in [0.717, 1.165) is 0 Å². The van der Waals surface area contributed by atoms with Crippen molar-refractivity contribution < 1.29 is 51.5 Å². The molecule has 0 aliphatic carbocycles. The van der Waals surface area contributed by atoms with Gasteiger partial charge in [0.05, 0.1) is 34.6 Å². The van der Waals surface area contributed by atoms with Crippen LogP contribution in [0.5, 0.6) is 0 Å². The van der Waals surface area contributed by atoms with E-state index in [1.54, 1.807) is 41.5 Å². The van der Waals surface area contributed by atoms with E-state index < -0.39 is 30.3 Å². The molecule has 0 saturated heterocycles. The molecule has 0 atom stereocenters. The lowest BCUT2D eigenvalue weighted by Crippen LogP contribution is -2.26. The summed E-state index contributed by atoms with van der Waals surface area (Å²) in [6, 6.07) is 0. The number of carbonyl (C=O) groups is 6. The smallest absolute Gasteiger partial charge is 0.580 e. The van der Waals surface area contributed by atoms with Gasteiger partial charge in [-0.2, -0.15) is 0 Å². The van der Waals surface area contributed by atoms with Crippen LogP contribution in [-0.2, 0) is 51.5 Å². The van der Waals surface area contributed by atoms with Gasteiger partial charge in [0.2, 0.25) is 0 Å². The Labute approximate surface area is 269 Å². The number of hydrogen-bond donors (Lipinski definition) is 0. The van der Waals surface area contributed by atoms with Crippen LogP contribution in [0.1, 0.15) is 83.1 Å². The first kappa shape index (κ1) is 42.5. The molecule has 14 heteroatoms. The molecule has 0 aromatic carbocycles. The van der Waals surface area contributed by atoms with E-state index in [1.807, 2.05) is 0 Å². The molecule has 0 aromatic heterocycles. The fourth-order valence-corrected chi connectivity index (χ4v) is 5.49. The zero-order valence-corrected chi connectivity index (χ0v) is 29.8.